The Hall–Kier alpha value is -0.480. The molecule has 0 aromatic rings. The lowest BCUT2D eigenvalue weighted by atomic mass is 10.0. The number of hydrogen-bond donors (Lipinski definition) is 2. The first-order chi connectivity index (χ1) is 6.96. The zero-order valence-corrected chi connectivity index (χ0v) is 10.8. The number of carbonyl (C=O) groups is 1. The van der Waals surface area contributed by atoms with E-state index in [2.05, 4.69) is 30.7 Å². The maximum atomic E-state index is 11.7. The molecule has 0 bridgehead atoms. The van der Waals surface area contributed by atoms with E-state index in [9.17, 15) is 4.79 Å². The van der Waals surface area contributed by atoms with Crippen LogP contribution in [0.2, 0.25) is 0 Å². The van der Waals surface area contributed by atoms with Gasteiger partial charge in [0.1, 0.15) is 0 Å². The molecule has 1 rings (SSSR count). The predicted molar refractivity (Wildman–Crippen MR) is 66.2 cm³/mol. The van der Waals surface area contributed by atoms with Gasteiger partial charge < -0.3 is 10.6 Å². The SMILES string of the molecule is CSC(C)(C)CNC(=O)C(C)=C1CNC1. The quantitative estimate of drug-likeness (QED) is 0.710. The molecular formula is C11H20N2OS. The number of hydrogen-bond acceptors (Lipinski definition) is 3. The van der Waals surface area contributed by atoms with Crippen LogP contribution in [-0.2, 0) is 4.79 Å². The molecule has 0 atom stereocenters. The maximum Gasteiger partial charge on any atom is 0.247 e. The first-order valence-corrected chi connectivity index (χ1v) is 6.41. The third kappa shape index (κ3) is 3.54. The van der Waals surface area contributed by atoms with E-state index in [1.165, 1.54) is 5.57 Å². The molecule has 4 heteroatoms. The van der Waals surface area contributed by atoms with Crippen LogP contribution in [0.15, 0.2) is 11.1 Å². The van der Waals surface area contributed by atoms with Crippen LogP contribution in [0.5, 0.6) is 0 Å². The molecule has 0 aromatic carbocycles. The van der Waals surface area contributed by atoms with E-state index in [0.717, 1.165) is 18.7 Å². The zero-order valence-electron chi connectivity index (χ0n) is 9.94. The number of rotatable bonds is 4. The maximum absolute atomic E-state index is 11.7. The van der Waals surface area contributed by atoms with Crippen LogP contribution in [0, 0.1) is 0 Å². The molecule has 0 spiro atoms. The van der Waals surface area contributed by atoms with E-state index in [-0.39, 0.29) is 10.7 Å². The highest BCUT2D eigenvalue weighted by molar-refractivity contribution is 7.99. The monoisotopic (exact) mass is 228 g/mol. The van der Waals surface area contributed by atoms with Crippen LogP contribution in [0.3, 0.4) is 0 Å². The van der Waals surface area contributed by atoms with Gasteiger partial charge in [-0.1, -0.05) is 0 Å². The molecule has 86 valence electrons. The highest BCUT2D eigenvalue weighted by Gasteiger charge is 2.20. The van der Waals surface area contributed by atoms with Crippen molar-refractivity contribution in [2.75, 3.05) is 25.9 Å². The fraction of sp³-hybridized carbons (Fsp3) is 0.727. The van der Waals surface area contributed by atoms with Crippen LogP contribution in [-0.4, -0.2) is 36.5 Å². The van der Waals surface area contributed by atoms with Crippen molar-refractivity contribution in [2.45, 2.75) is 25.5 Å². The number of thioether (sulfide) groups is 1. The molecule has 3 nitrogen and oxygen atoms in total. The van der Waals surface area contributed by atoms with Gasteiger partial charge in [-0.15, -0.1) is 0 Å². The van der Waals surface area contributed by atoms with Crippen molar-refractivity contribution in [1.82, 2.24) is 10.6 Å². The first-order valence-electron chi connectivity index (χ1n) is 5.19. The summed E-state index contributed by atoms with van der Waals surface area (Å²) < 4.78 is 0.110. The summed E-state index contributed by atoms with van der Waals surface area (Å²) >= 11 is 1.77. The molecule has 1 amide bonds. The molecule has 1 heterocycles. The third-order valence-corrected chi connectivity index (χ3v) is 4.02. The van der Waals surface area contributed by atoms with E-state index in [1.54, 1.807) is 11.8 Å². The Balaban J connectivity index is 2.43. The van der Waals surface area contributed by atoms with Gasteiger partial charge in [0, 0.05) is 30.0 Å². The Labute approximate surface area is 96.1 Å². The molecule has 1 saturated heterocycles. The Morgan fingerprint density at radius 2 is 2.13 bits per heavy atom. The molecule has 0 saturated carbocycles. The number of carbonyl (C=O) groups excluding carboxylic acids is 1. The normalized spacial score (nSPS) is 15.9. The molecule has 0 aromatic heterocycles. The van der Waals surface area contributed by atoms with Crippen molar-refractivity contribution >= 4 is 17.7 Å². The van der Waals surface area contributed by atoms with Gasteiger partial charge in [0.15, 0.2) is 0 Å². The smallest absolute Gasteiger partial charge is 0.247 e. The number of amides is 1. The minimum Gasteiger partial charge on any atom is -0.351 e. The van der Waals surface area contributed by atoms with Crippen LogP contribution in [0.1, 0.15) is 20.8 Å². The van der Waals surface area contributed by atoms with Crippen molar-refractivity contribution in [2.24, 2.45) is 0 Å². The van der Waals surface area contributed by atoms with Gasteiger partial charge in [0.2, 0.25) is 5.91 Å². The molecule has 0 unspecified atom stereocenters. The molecule has 15 heavy (non-hydrogen) atoms. The molecule has 1 aliphatic rings. The average Bonchev–Trinajstić information content (AvgIpc) is 2.11. The summed E-state index contributed by atoms with van der Waals surface area (Å²) in [4.78, 5) is 11.7. The Morgan fingerprint density at radius 3 is 2.53 bits per heavy atom. The molecule has 1 aliphatic heterocycles. The highest BCUT2D eigenvalue weighted by Crippen LogP contribution is 2.19. The summed E-state index contributed by atoms with van der Waals surface area (Å²) in [6, 6.07) is 0. The summed E-state index contributed by atoms with van der Waals surface area (Å²) in [5.41, 5.74) is 2.11. The predicted octanol–water partition coefficient (Wildman–Crippen LogP) is 1.16. The summed E-state index contributed by atoms with van der Waals surface area (Å²) in [6.45, 7) is 8.61. The largest absolute Gasteiger partial charge is 0.351 e. The summed E-state index contributed by atoms with van der Waals surface area (Å²) in [6.07, 6.45) is 2.06. The highest BCUT2D eigenvalue weighted by atomic mass is 32.2. The van der Waals surface area contributed by atoms with Crippen molar-refractivity contribution < 1.29 is 4.79 Å². The Kier molecular flexibility index (Phi) is 4.22. The summed E-state index contributed by atoms with van der Waals surface area (Å²) in [5.74, 6) is 0.0774. The minimum absolute atomic E-state index is 0.0774. The van der Waals surface area contributed by atoms with Crippen LogP contribution < -0.4 is 10.6 Å². The fourth-order valence-corrected chi connectivity index (χ4v) is 1.39. The van der Waals surface area contributed by atoms with Gasteiger partial charge in [0.25, 0.3) is 0 Å². The Morgan fingerprint density at radius 1 is 1.53 bits per heavy atom. The standard InChI is InChI=1S/C11H20N2OS/c1-8(9-5-12-6-9)10(14)13-7-11(2,3)15-4/h12H,5-7H2,1-4H3,(H,13,14). The molecule has 0 aliphatic carbocycles. The first kappa shape index (κ1) is 12.6. The number of nitrogens with one attached hydrogen (secondary N) is 2. The van der Waals surface area contributed by atoms with Gasteiger partial charge in [-0.3, -0.25) is 4.79 Å². The van der Waals surface area contributed by atoms with E-state index in [1.807, 2.05) is 6.92 Å². The van der Waals surface area contributed by atoms with Crippen molar-refractivity contribution in [3.8, 4) is 0 Å². The van der Waals surface area contributed by atoms with Crippen LogP contribution in [0.25, 0.3) is 0 Å². The van der Waals surface area contributed by atoms with Gasteiger partial charge >= 0.3 is 0 Å². The molecular weight excluding hydrogens is 208 g/mol. The minimum atomic E-state index is 0.0774. The van der Waals surface area contributed by atoms with E-state index < -0.39 is 0 Å². The van der Waals surface area contributed by atoms with Crippen LogP contribution in [0.4, 0.5) is 0 Å². The van der Waals surface area contributed by atoms with Crippen molar-refractivity contribution in [3.63, 3.8) is 0 Å². The molecule has 0 radical (unpaired) electrons. The molecule has 1 fully saturated rings. The lowest BCUT2D eigenvalue weighted by Gasteiger charge is -2.24. The zero-order chi connectivity index (χ0) is 11.5. The van der Waals surface area contributed by atoms with E-state index >= 15 is 0 Å². The van der Waals surface area contributed by atoms with E-state index in [0.29, 0.717) is 6.54 Å². The molecule has 2 N–H and O–H groups in total. The lowest BCUT2D eigenvalue weighted by Crippen LogP contribution is -2.40. The van der Waals surface area contributed by atoms with Gasteiger partial charge in [-0.2, -0.15) is 11.8 Å². The second-order valence-corrected chi connectivity index (χ2v) is 5.99. The summed E-state index contributed by atoms with van der Waals surface area (Å²) in [7, 11) is 0. The average molecular weight is 228 g/mol. The van der Waals surface area contributed by atoms with Gasteiger partial charge in [-0.25, -0.2) is 0 Å². The second-order valence-electron chi connectivity index (χ2n) is 4.48. The Bertz CT molecular complexity index is 278. The lowest BCUT2D eigenvalue weighted by molar-refractivity contribution is -0.117. The van der Waals surface area contributed by atoms with Gasteiger partial charge in [0.05, 0.1) is 0 Å². The summed E-state index contributed by atoms with van der Waals surface area (Å²) in [5, 5.41) is 6.12. The van der Waals surface area contributed by atoms with Crippen molar-refractivity contribution in [1.29, 1.82) is 0 Å². The van der Waals surface area contributed by atoms with Gasteiger partial charge in [-0.05, 0) is 32.6 Å². The topological polar surface area (TPSA) is 41.1 Å². The second kappa shape index (κ2) is 5.03. The van der Waals surface area contributed by atoms with Crippen molar-refractivity contribution in [3.05, 3.63) is 11.1 Å². The third-order valence-electron chi connectivity index (χ3n) is 2.77. The fourth-order valence-electron chi connectivity index (χ4n) is 1.17. The van der Waals surface area contributed by atoms with E-state index in [4.69, 9.17) is 0 Å². The van der Waals surface area contributed by atoms with Crippen LogP contribution >= 0.6 is 11.8 Å².